The molecule has 2 rings (SSSR count). The van der Waals surface area contributed by atoms with Gasteiger partial charge < -0.3 is 4.74 Å². The second kappa shape index (κ2) is 4.16. The van der Waals surface area contributed by atoms with Crippen LogP contribution in [0.2, 0.25) is 0 Å². The number of hydrogen-bond donors (Lipinski definition) is 1. The average molecular weight is 273 g/mol. The van der Waals surface area contributed by atoms with Crippen molar-refractivity contribution in [3.8, 4) is 0 Å². The Labute approximate surface area is 96.0 Å². The van der Waals surface area contributed by atoms with Gasteiger partial charge in [-0.1, -0.05) is 0 Å². The van der Waals surface area contributed by atoms with Crippen LogP contribution in [0.25, 0.3) is 0 Å². The number of carbonyl (C=O) groups excluding carboxylic acids is 1. The molecule has 0 bridgehead atoms. The molecule has 1 N–H and O–H groups in total. The molecule has 0 saturated carbocycles. The van der Waals surface area contributed by atoms with Crippen LogP contribution < -0.4 is 4.90 Å². The van der Waals surface area contributed by atoms with Crippen LogP contribution in [0.4, 0.5) is 0 Å². The summed E-state index contributed by atoms with van der Waals surface area (Å²) in [7, 11) is 0. The van der Waals surface area contributed by atoms with Gasteiger partial charge in [0.1, 0.15) is 6.20 Å². The first-order valence-corrected chi connectivity index (χ1v) is 5.36. The van der Waals surface area contributed by atoms with Crippen molar-refractivity contribution in [1.29, 1.82) is 0 Å². The van der Waals surface area contributed by atoms with Gasteiger partial charge in [-0.15, -0.1) is 0 Å². The lowest BCUT2D eigenvalue weighted by Gasteiger charge is -2.19. The maximum atomic E-state index is 11.4. The minimum absolute atomic E-state index is 0.360. The molecule has 0 aromatic carbocycles. The minimum Gasteiger partial charge on any atom is -0.461 e. The molecule has 0 amide bonds. The minimum atomic E-state index is -0.360. The molecule has 0 radical (unpaired) electrons. The van der Waals surface area contributed by atoms with Gasteiger partial charge in [-0.3, -0.25) is 3.93 Å². The summed E-state index contributed by atoms with van der Waals surface area (Å²) in [5.74, 6) is 0.482. The van der Waals surface area contributed by atoms with Crippen molar-refractivity contribution in [2.75, 3.05) is 13.3 Å². The van der Waals surface area contributed by atoms with E-state index in [9.17, 15) is 4.79 Å². The van der Waals surface area contributed by atoms with E-state index < -0.39 is 0 Å². The summed E-state index contributed by atoms with van der Waals surface area (Å²) in [6, 6.07) is 0. The molecule has 0 fully saturated rings. The highest BCUT2D eigenvalue weighted by molar-refractivity contribution is 9.07. The van der Waals surface area contributed by atoms with Crippen molar-refractivity contribution >= 4 is 28.0 Å². The summed E-state index contributed by atoms with van der Waals surface area (Å²) < 4.78 is 6.73. The third kappa shape index (κ3) is 2.10. The number of hydrogen-bond acceptors (Lipinski definition) is 4. The Balaban J connectivity index is 2.14. The molecule has 0 aromatic heterocycles. The molecule has 0 saturated heterocycles. The fourth-order valence-electron chi connectivity index (χ4n) is 1.42. The number of ether oxygens (including phenoxy) is 1. The Kier molecular flexibility index (Phi) is 2.88. The Morgan fingerprint density at radius 3 is 3.33 bits per heavy atom. The monoisotopic (exact) mass is 272 g/mol. The molecule has 0 aromatic rings. The van der Waals surface area contributed by atoms with Gasteiger partial charge in [0.05, 0.1) is 22.8 Å². The number of amidine groups is 1. The van der Waals surface area contributed by atoms with Crippen LogP contribution in [0.15, 0.2) is 29.2 Å². The number of aliphatic imine (C=N–C) groups is 1. The van der Waals surface area contributed by atoms with Crippen molar-refractivity contribution in [2.24, 2.45) is 4.99 Å². The molecule has 6 heteroatoms. The summed E-state index contributed by atoms with van der Waals surface area (Å²) >= 11 is 3.34. The second-order valence-electron chi connectivity index (χ2n) is 3.15. The van der Waals surface area contributed by atoms with E-state index in [1.807, 2.05) is 16.2 Å². The van der Waals surface area contributed by atoms with Crippen LogP contribution in [0, 0.1) is 0 Å². The molecule has 0 aliphatic carbocycles. The first-order chi connectivity index (χ1) is 7.20. The first kappa shape index (κ1) is 10.4. The molecule has 2 aliphatic heterocycles. The fourth-order valence-corrected chi connectivity index (χ4v) is 1.81. The van der Waals surface area contributed by atoms with Gasteiger partial charge in [0.2, 0.25) is 11.5 Å². The Bertz CT molecular complexity index is 376. The van der Waals surface area contributed by atoms with Crippen molar-refractivity contribution in [3.05, 3.63) is 24.2 Å². The third-order valence-electron chi connectivity index (χ3n) is 2.08. The standard InChI is InChI=1S/C9H10BrN3O2/c1-2-15-9(14)7-5-12-6-13(10)4-3-8(12)11-7/h3-5H,2,6H2,1H3/p+1. The van der Waals surface area contributed by atoms with E-state index in [0.717, 1.165) is 10.7 Å². The van der Waals surface area contributed by atoms with E-state index >= 15 is 0 Å². The largest absolute Gasteiger partial charge is 0.461 e. The van der Waals surface area contributed by atoms with Crippen molar-refractivity contribution < 1.29 is 14.4 Å². The summed E-state index contributed by atoms with van der Waals surface area (Å²) in [5.41, 5.74) is 0.384. The molecule has 1 unspecified atom stereocenters. The second-order valence-corrected chi connectivity index (χ2v) is 4.06. The predicted molar refractivity (Wildman–Crippen MR) is 57.9 cm³/mol. The lowest BCUT2D eigenvalue weighted by atomic mass is 10.4. The van der Waals surface area contributed by atoms with Gasteiger partial charge in [-0.25, -0.2) is 9.69 Å². The van der Waals surface area contributed by atoms with E-state index in [4.69, 9.17) is 4.74 Å². The zero-order chi connectivity index (χ0) is 10.8. The molecule has 2 heterocycles. The summed E-state index contributed by atoms with van der Waals surface area (Å²) in [5, 5.41) is 0. The van der Waals surface area contributed by atoms with Crippen LogP contribution in [0.5, 0.6) is 0 Å². The molecule has 15 heavy (non-hydrogen) atoms. The van der Waals surface area contributed by atoms with Gasteiger partial charge in [0.15, 0.2) is 6.67 Å². The molecule has 1 atom stereocenters. The maximum Gasteiger partial charge on any atom is 0.362 e. The lowest BCUT2D eigenvalue weighted by molar-refractivity contribution is -0.753. The number of nitrogens with one attached hydrogen (secondary N) is 1. The van der Waals surface area contributed by atoms with Crippen molar-refractivity contribution in [1.82, 2.24) is 3.93 Å². The van der Waals surface area contributed by atoms with Crippen LogP contribution in [0.3, 0.4) is 0 Å². The molecular weight excluding hydrogens is 262 g/mol. The van der Waals surface area contributed by atoms with Crippen LogP contribution in [0.1, 0.15) is 6.92 Å². The van der Waals surface area contributed by atoms with Gasteiger partial charge in [-0.05, 0) is 6.92 Å². The van der Waals surface area contributed by atoms with Crippen molar-refractivity contribution in [2.45, 2.75) is 6.92 Å². The van der Waals surface area contributed by atoms with Gasteiger partial charge in [0, 0.05) is 12.3 Å². The number of quaternary nitrogens is 1. The van der Waals surface area contributed by atoms with Gasteiger partial charge in [0.25, 0.3) is 0 Å². The molecule has 5 nitrogen and oxygen atoms in total. The Hall–Kier alpha value is -1.14. The topological polar surface area (TPSA) is 46.3 Å². The maximum absolute atomic E-state index is 11.4. The quantitative estimate of drug-likeness (QED) is 0.559. The highest BCUT2D eigenvalue weighted by atomic mass is 79.9. The van der Waals surface area contributed by atoms with E-state index in [1.165, 1.54) is 0 Å². The fraction of sp³-hybridized carbons (Fsp3) is 0.333. The van der Waals surface area contributed by atoms with E-state index in [2.05, 4.69) is 21.1 Å². The highest BCUT2D eigenvalue weighted by Gasteiger charge is 2.29. The molecule has 2 aliphatic rings. The van der Waals surface area contributed by atoms with E-state index in [1.54, 1.807) is 13.1 Å². The smallest absolute Gasteiger partial charge is 0.362 e. The Morgan fingerprint density at radius 2 is 2.60 bits per heavy atom. The zero-order valence-corrected chi connectivity index (χ0v) is 9.82. The summed E-state index contributed by atoms with van der Waals surface area (Å²) in [6.07, 6.45) is 5.49. The number of carbonyl (C=O) groups is 1. The number of fused-ring (bicyclic) bond motifs is 1. The first-order valence-electron chi connectivity index (χ1n) is 4.65. The predicted octanol–water partition coefficient (Wildman–Crippen LogP) is -0.215. The molecule has 80 valence electrons. The summed E-state index contributed by atoms with van der Waals surface area (Å²) in [4.78, 5) is 16.6. The van der Waals surface area contributed by atoms with Crippen LogP contribution >= 0.6 is 16.1 Å². The van der Waals surface area contributed by atoms with Gasteiger partial charge in [-0.2, -0.15) is 4.99 Å². The van der Waals surface area contributed by atoms with Crippen LogP contribution in [-0.4, -0.2) is 29.0 Å². The number of esters is 1. The number of nitrogens with zero attached hydrogens (tertiary/aromatic N) is 2. The molecule has 0 spiro atoms. The lowest BCUT2D eigenvalue weighted by Crippen LogP contribution is -3.11. The van der Waals surface area contributed by atoms with Crippen LogP contribution in [-0.2, 0) is 9.53 Å². The van der Waals surface area contributed by atoms with E-state index in [0.29, 0.717) is 19.0 Å². The zero-order valence-electron chi connectivity index (χ0n) is 8.24. The average Bonchev–Trinajstić information content (AvgIpc) is 2.60. The van der Waals surface area contributed by atoms with Crippen molar-refractivity contribution in [3.63, 3.8) is 0 Å². The highest BCUT2D eigenvalue weighted by Crippen LogP contribution is 2.07. The normalized spacial score (nSPS) is 23.3. The van der Waals surface area contributed by atoms with E-state index in [-0.39, 0.29) is 5.97 Å². The van der Waals surface area contributed by atoms with Gasteiger partial charge >= 0.3 is 5.97 Å². The number of rotatable bonds is 2. The number of halogens is 1. The SMILES string of the molecule is CCOC(=O)C1=C[NH+]2CN(Br)C=CC2=N1. The summed E-state index contributed by atoms with van der Waals surface area (Å²) in [6.45, 7) is 2.86. The molecular formula is C9H11BrN3O2+. The Morgan fingerprint density at radius 1 is 1.80 bits per heavy atom. The third-order valence-corrected chi connectivity index (χ3v) is 2.57.